The third kappa shape index (κ3) is 4.70. The molecule has 2 aromatic carbocycles. The second-order valence-electron chi connectivity index (χ2n) is 8.84. The van der Waals surface area contributed by atoms with E-state index >= 15 is 0 Å². The van der Waals surface area contributed by atoms with Gasteiger partial charge in [-0.05, 0) is 86.7 Å². The molecular weight excluding hydrogens is 402 g/mol. The summed E-state index contributed by atoms with van der Waals surface area (Å²) in [5, 5.41) is 3.99. The zero-order chi connectivity index (χ0) is 21.9. The van der Waals surface area contributed by atoms with Crippen LogP contribution in [0.15, 0.2) is 48.7 Å². The summed E-state index contributed by atoms with van der Waals surface area (Å²) in [4.78, 5) is 18.5. The highest BCUT2D eigenvalue weighted by molar-refractivity contribution is 5.95. The molecule has 5 rings (SSSR count). The Morgan fingerprint density at radius 1 is 1.19 bits per heavy atom. The van der Waals surface area contributed by atoms with Crippen LogP contribution in [0.5, 0.6) is 11.5 Å². The van der Waals surface area contributed by atoms with Crippen molar-refractivity contribution in [3.63, 3.8) is 0 Å². The van der Waals surface area contributed by atoms with E-state index in [1.54, 1.807) is 0 Å². The minimum absolute atomic E-state index is 0.0833. The molecular formula is C26H29N3O3. The SMILES string of the molecule is Cc1cnc2cccc(OCCN3CCC(Cc4ccc5c(c4)NC(=O)CO5)CC3)c2c1. The summed E-state index contributed by atoms with van der Waals surface area (Å²) >= 11 is 0. The second-order valence-corrected chi connectivity index (χ2v) is 8.84. The number of fused-ring (bicyclic) bond motifs is 2. The van der Waals surface area contributed by atoms with Crippen LogP contribution >= 0.6 is 0 Å². The Morgan fingerprint density at radius 3 is 2.94 bits per heavy atom. The van der Waals surface area contributed by atoms with E-state index in [1.165, 1.54) is 18.4 Å². The lowest BCUT2D eigenvalue weighted by molar-refractivity contribution is -0.118. The Balaban J connectivity index is 1.10. The lowest BCUT2D eigenvalue weighted by Crippen LogP contribution is -2.37. The molecule has 1 saturated heterocycles. The maximum Gasteiger partial charge on any atom is 0.262 e. The van der Waals surface area contributed by atoms with Gasteiger partial charge in [0.25, 0.3) is 5.91 Å². The lowest BCUT2D eigenvalue weighted by Gasteiger charge is -2.32. The first-order chi connectivity index (χ1) is 15.6. The monoisotopic (exact) mass is 431 g/mol. The first-order valence-electron chi connectivity index (χ1n) is 11.4. The third-order valence-corrected chi connectivity index (χ3v) is 6.40. The van der Waals surface area contributed by atoms with Crippen molar-refractivity contribution in [1.29, 1.82) is 0 Å². The zero-order valence-electron chi connectivity index (χ0n) is 18.5. The molecule has 0 unspecified atom stereocenters. The number of benzene rings is 2. The number of aryl methyl sites for hydroxylation is 1. The van der Waals surface area contributed by atoms with Crippen molar-refractivity contribution in [3.05, 3.63) is 59.8 Å². The number of carbonyl (C=O) groups is 1. The molecule has 1 amide bonds. The molecule has 0 radical (unpaired) electrons. The van der Waals surface area contributed by atoms with Gasteiger partial charge in [0.05, 0.1) is 11.2 Å². The average Bonchev–Trinajstić information content (AvgIpc) is 2.80. The number of nitrogens with one attached hydrogen (secondary N) is 1. The van der Waals surface area contributed by atoms with Gasteiger partial charge in [-0.25, -0.2) is 0 Å². The number of piperidine rings is 1. The van der Waals surface area contributed by atoms with Gasteiger partial charge in [-0.2, -0.15) is 0 Å². The Morgan fingerprint density at radius 2 is 2.06 bits per heavy atom. The van der Waals surface area contributed by atoms with Gasteiger partial charge in [0.2, 0.25) is 0 Å². The fourth-order valence-electron chi connectivity index (χ4n) is 4.64. The number of rotatable bonds is 6. The summed E-state index contributed by atoms with van der Waals surface area (Å²) in [5.41, 5.74) is 4.18. The van der Waals surface area contributed by atoms with E-state index in [4.69, 9.17) is 9.47 Å². The number of anilines is 1. The van der Waals surface area contributed by atoms with Gasteiger partial charge in [0.1, 0.15) is 18.1 Å². The highest BCUT2D eigenvalue weighted by Crippen LogP contribution is 2.31. The van der Waals surface area contributed by atoms with E-state index in [1.807, 2.05) is 30.5 Å². The molecule has 3 aromatic rings. The van der Waals surface area contributed by atoms with Crippen LogP contribution in [0.4, 0.5) is 5.69 Å². The van der Waals surface area contributed by atoms with Crippen molar-refractivity contribution >= 4 is 22.5 Å². The van der Waals surface area contributed by atoms with Gasteiger partial charge in [0.15, 0.2) is 6.61 Å². The maximum absolute atomic E-state index is 11.6. The first kappa shape index (κ1) is 20.8. The molecule has 166 valence electrons. The molecule has 0 atom stereocenters. The third-order valence-electron chi connectivity index (χ3n) is 6.40. The van der Waals surface area contributed by atoms with Gasteiger partial charge in [0, 0.05) is 18.1 Å². The van der Waals surface area contributed by atoms with Gasteiger partial charge in [-0.15, -0.1) is 0 Å². The highest BCUT2D eigenvalue weighted by Gasteiger charge is 2.21. The normalized spacial score (nSPS) is 17.0. The number of likely N-dealkylation sites (tertiary alicyclic amines) is 1. The molecule has 2 aliphatic rings. The number of carbonyl (C=O) groups excluding carboxylic acids is 1. The Hall–Kier alpha value is -3.12. The van der Waals surface area contributed by atoms with E-state index in [0.29, 0.717) is 12.5 Å². The predicted octanol–water partition coefficient (Wildman–Crippen LogP) is 4.21. The van der Waals surface area contributed by atoms with Crippen molar-refractivity contribution in [3.8, 4) is 11.5 Å². The Labute approximate surface area is 188 Å². The summed E-state index contributed by atoms with van der Waals surface area (Å²) in [6.07, 6.45) is 5.29. The van der Waals surface area contributed by atoms with E-state index in [9.17, 15) is 4.79 Å². The number of hydrogen-bond donors (Lipinski definition) is 1. The molecule has 6 heteroatoms. The van der Waals surface area contributed by atoms with Crippen LogP contribution in [0.25, 0.3) is 10.9 Å². The van der Waals surface area contributed by atoms with Crippen LogP contribution < -0.4 is 14.8 Å². The average molecular weight is 432 g/mol. The number of ether oxygens (including phenoxy) is 2. The molecule has 0 aliphatic carbocycles. The van der Waals surface area contributed by atoms with Crippen molar-refractivity contribution in [2.45, 2.75) is 26.2 Å². The van der Waals surface area contributed by atoms with Crippen molar-refractivity contribution < 1.29 is 14.3 Å². The van der Waals surface area contributed by atoms with Crippen LogP contribution in [0.1, 0.15) is 24.0 Å². The van der Waals surface area contributed by atoms with E-state index in [2.05, 4.69) is 40.3 Å². The number of pyridine rings is 1. The van der Waals surface area contributed by atoms with Crippen LogP contribution in [0.3, 0.4) is 0 Å². The maximum atomic E-state index is 11.6. The topological polar surface area (TPSA) is 63.7 Å². The summed E-state index contributed by atoms with van der Waals surface area (Å²) in [6.45, 7) is 5.96. The second kappa shape index (κ2) is 9.17. The molecule has 1 aromatic heterocycles. The van der Waals surface area contributed by atoms with Crippen molar-refractivity contribution in [2.24, 2.45) is 5.92 Å². The lowest BCUT2D eigenvalue weighted by atomic mass is 9.90. The van der Waals surface area contributed by atoms with E-state index in [-0.39, 0.29) is 12.5 Å². The largest absolute Gasteiger partial charge is 0.492 e. The summed E-state index contributed by atoms with van der Waals surface area (Å²) < 4.78 is 11.6. The summed E-state index contributed by atoms with van der Waals surface area (Å²) in [5.74, 6) is 2.26. The Bertz CT molecular complexity index is 1120. The molecule has 3 heterocycles. The van der Waals surface area contributed by atoms with Crippen LogP contribution in [0.2, 0.25) is 0 Å². The first-order valence-corrected chi connectivity index (χ1v) is 11.4. The number of amides is 1. The smallest absolute Gasteiger partial charge is 0.262 e. The van der Waals surface area contributed by atoms with Crippen LogP contribution in [-0.4, -0.2) is 48.6 Å². The fourth-order valence-corrected chi connectivity index (χ4v) is 4.64. The van der Waals surface area contributed by atoms with E-state index in [0.717, 1.165) is 59.7 Å². The Kier molecular flexibility index (Phi) is 5.95. The minimum Gasteiger partial charge on any atom is -0.492 e. The zero-order valence-corrected chi connectivity index (χ0v) is 18.5. The van der Waals surface area contributed by atoms with Gasteiger partial charge in [-0.1, -0.05) is 12.1 Å². The highest BCUT2D eigenvalue weighted by atomic mass is 16.5. The van der Waals surface area contributed by atoms with Crippen LogP contribution in [0, 0.1) is 12.8 Å². The predicted molar refractivity (Wildman–Crippen MR) is 125 cm³/mol. The molecule has 32 heavy (non-hydrogen) atoms. The molecule has 6 nitrogen and oxygen atoms in total. The summed E-state index contributed by atoms with van der Waals surface area (Å²) in [7, 11) is 0. The summed E-state index contributed by atoms with van der Waals surface area (Å²) in [6, 6.07) is 14.4. The van der Waals surface area contributed by atoms with Crippen molar-refractivity contribution in [2.75, 3.05) is 38.2 Å². The van der Waals surface area contributed by atoms with Gasteiger partial charge in [-0.3, -0.25) is 14.7 Å². The molecule has 1 fully saturated rings. The number of nitrogens with zero attached hydrogens (tertiary/aromatic N) is 2. The number of aromatic nitrogens is 1. The van der Waals surface area contributed by atoms with Gasteiger partial charge >= 0.3 is 0 Å². The molecule has 1 N–H and O–H groups in total. The van der Waals surface area contributed by atoms with Crippen molar-refractivity contribution in [1.82, 2.24) is 9.88 Å². The molecule has 0 saturated carbocycles. The molecule has 0 bridgehead atoms. The fraction of sp³-hybridized carbons (Fsp3) is 0.385. The number of hydrogen-bond acceptors (Lipinski definition) is 5. The standard InChI is InChI=1S/C26H29N3O3/c1-18-13-21-22(27-16-18)3-2-4-24(21)31-12-11-29-9-7-19(8-10-29)14-20-5-6-25-23(15-20)28-26(30)17-32-25/h2-6,13,15-16,19H,7-12,14,17H2,1H3,(H,28,30). The van der Waals surface area contributed by atoms with Gasteiger partial charge < -0.3 is 14.8 Å². The molecule has 0 spiro atoms. The molecule has 2 aliphatic heterocycles. The quantitative estimate of drug-likeness (QED) is 0.634. The van der Waals surface area contributed by atoms with Crippen LogP contribution in [-0.2, 0) is 11.2 Å². The van der Waals surface area contributed by atoms with E-state index < -0.39 is 0 Å². The minimum atomic E-state index is -0.0833.